The first-order chi connectivity index (χ1) is 7.29. The molecule has 3 heteroatoms. The van der Waals surface area contributed by atoms with Crippen molar-refractivity contribution in [3.63, 3.8) is 0 Å². The average molecular weight is 275 g/mol. The number of benzene rings is 2. The van der Waals surface area contributed by atoms with E-state index in [1.807, 2.05) is 36.4 Å². The molecule has 2 aromatic rings. The first-order valence-corrected chi connectivity index (χ1v) is 4.88. The monoisotopic (exact) mass is 275 g/mol. The fraction of sp³-hybridized carbons (Fsp3) is 0. The van der Waals surface area contributed by atoms with Gasteiger partial charge in [0.15, 0.2) is 0 Å². The Morgan fingerprint density at radius 2 is 1.53 bits per heavy atom. The molecule has 1 nitrogen and oxygen atoms in total. The molecule has 0 unspecified atom stereocenters. The summed E-state index contributed by atoms with van der Waals surface area (Å²) in [6.45, 7) is 3.73. The van der Waals surface area contributed by atoms with Crippen LogP contribution in [0.1, 0.15) is 5.56 Å². The van der Waals surface area contributed by atoms with Gasteiger partial charge in [-0.25, -0.2) is 0 Å². The molecule has 0 atom stereocenters. The van der Waals surface area contributed by atoms with Crippen LogP contribution < -0.4 is 5.73 Å². The molecule has 17 heavy (non-hydrogen) atoms. The molecule has 2 N–H and O–H groups in total. The van der Waals surface area contributed by atoms with E-state index in [9.17, 15) is 0 Å². The van der Waals surface area contributed by atoms with Crippen LogP contribution in [0.3, 0.4) is 0 Å². The number of anilines is 1. The molecular formula is C14H13Ar2N. The molecule has 0 aliphatic carbocycles. The molecule has 0 bridgehead atoms. The summed E-state index contributed by atoms with van der Waals surface area (Å²) in [6.07, 6.45) is 1.84. The van der Waals surface area contributed by atoms with Gasteiger partial charge < -0.3 is 5.73 Å². The summed E-state index contributed by atoms with van der Waals surface area (Å²) in [4.78, 5) is 0. The average Bonchev–Trinajstić information content (AvgIpc) is 2.29. The van der Waals surface area contributed by atoms with Crippen molar-refractivity contribution in [2.75, 3.05) is 5.73 Å². The van der Waals surface area contributed by atoms with Crippen molar-refractivity contribution < 1.29 is 75.5 Å². The molecule has 0 amide bonds. The second-order valence-electron chi connectivity index (χ2n) is 3.45. The van der Waals surface area contributed by atoms with Gasteiger partial charge in [0.1, 0.15) is 0 Å². The predicted molar refractivity (Wildman–Crippen MR) is 66.4 cm³/mol. The van der Waals surface area contributed by atoms with Gasteiger partial charge in [-0.2, -0.15) is 0 Å². The number of hydrogen-bond donors (Lipinski definition) is 1. The minimum Gasteiger partial charge on any atom is -0.399 e. The Bertz CT molecular complexity index is 478. The second kappa shape index (κ2) is 8.58. The Balaban J connectivity index is 0.00000128. The van der Waals surface area contributed by atoms with Crippen molar-refractivity contribution in [2.45, 2.75) is 0 Å². The van der Waals surface area contributed by atoms with Gasteiger partial charge in [-0.05, 0) is 28.8 Å². The van der Waals surface area contributed by atoms with E-state index in [0.717, 1.165) is 16.8 Å². The Kier molecular flexibility index (Phi) is 8.83. The molecule has 90 valence electrons. The number of nitrogen functional groups attached to an aromatic ring is 1. The summed E-state index contributed by atoms with van der Waals surface area (Å²) in [7, 11) is 0. The molecule has 0 saturated carbocycles. The van der Waals surface area contributed by atoms with Gasteiger partial charge in [0.25, 0.3) is 0 Å². The predicted octanol–water partition coefficient (Wildman–Crippen LogP) is 3.58. The van der Waals surface area contributed by atoms with Crippen LogP contribution >= 0.6 is 0 Å². The van der Waals surface area contributed by atoms with Gasteiger partial charge in [0, 0.05) is 81.2 Å². The topological polar surface area (TPSA) is 26.0 Å². The molecular weight excluding hydrogens is 262 g/mol. The van der Waals surface area contributed by atoms with Crippen molar-refractivity contribution in [1.82, 2.24) is 0 Å². The van der Waals surface area contributed by atoms with E-state index in [-0.39, 0.29) is 75.5 Å². The zero-order valence-electron chi connectivity index (χ0n) is 9.19. The Morgan fingerprint density at radius 1 is 0.882 bits per heavy atom. The van der Waals surface area contributed by atoms with Gasteiger partial charge in [0.2, 0.25) is 0 Å². The fourth-order valence-corrected chi connectivity index (χ4v) is 1.53. The second-order valence-corrected chi connectivity index (χ2v) is 3.45. The van der Waals surface area contributed by atoms with E-state index >= 15 is 0 Å². The van der Waals surface area contributed by atoms with E-state index < -0.39 is 0 Å². The van der Waals surface area contributed by atoms with Crippen molar-refractivity contribution in [3.05, 3.63) is 60.7 Å². The Labute approximate surface area is 162 Å². The quantitative estimate of drug-likeness (QED) is 0.833. The van der Waals surface area contributed by atoms with Crippen LogP contribution in [0.25, 0.3) is 17.2 Å². The molecule has 2 aromatic carbocycles. The third kappa shape index (κ3) is 4.94. The maximum atomic E-state index is 5.74. The maximum Gasteiger partial charge on any atom is 0.0320 e. The molecule has 0 radical (unpaired) electrons. The molecule has 0 heterocycles. The largest absolute Gasteiger partial charge is 0.399 e. The zero-order chi connectivity index (χ0) is 10.7. The molecule has 0 aromatic heterocycles. The zero-order valence-corrected chi connectivity index (χ0v) is 10.6. The van der Waals surface area contributed by atoms with Crippen LogP contribution in [0.4, 0.5) is 5.69 Å². The summed E-state index contributed by atoms with van der Waals surface area (Å²) in [5, 5.41) is 0. The van der Waals surface area contributed by atoms with Crippen molar-refractivity contribution in [3.8, 4) is 11.1 Å². The molecule has 0 aliphatic rings. The smallest absolute Gasteiger partial charge is 0.0320 e. The van der Waals surface area contributed by atoms with Crippen LogP contribution in [0.5, 0.6) is 0 Å². The van der Waals surface area contributed by atoms with Gasteiger partial charge in [0.05, 0.1) is 0 Å². The van der Waals surface area contributed by atoms with Crippen LogP contribution in [-0.2, 0) is 0 Å². The minimum absolute atomic E-state index is 0. The number of hydrogen-bond acceptors (Lipinski definition) is 1. The van der Waals surface area contributed by atoms with Crippen molar-refractivity contribution in [2.24, 2.45) is 0 Å². The summed E-state index contributed by atoms with van der Waals surface area (Å²) in [6, 6.07) is 16.1. The van der Waals surface area contributed by atoms with Gasteiger partial charge in [-0.15, -0.1) is 0 Å². The Hall–Kier alpha value is 0.499. The van der Waals surface area contributed by atoms with Crippen molar-refractivity contribution >= 4 is 11.8 Å². The van der Waals surface area contributed by atoms with E-state index in [0.29, 0.717) is 0 Å². The summed E-state index contributed by atoms with van der Waals surface area (Å²) in [5.74, 6) is 0. The van der Waals surface area contributed by atoms with Crippen LogP contribution in [0.2, 0.25) is 0 Å². The van der Waals surface area contributed by atoms with E-state index in [1.54, 1.807) is 0 Å². The number of nitrogens with two attached hydrogens (primary N) is 1. The molecule has 0 aliphatic heterocycles. The molecule has 0 saturated heterocycles. The van der Waals surface area contributed by atoms with Crippen LogP contribution in [0, 0.1) is 75.5 Å². The number of rotatable bonds is 2. The first-order valence-electron chi connectivity index (χ1n) is 4.88. The summed E-state index contributed by atoms with van der Waals surface area (Å²) < 4.78 is 0. The standard InChI is InChI=1S/C14H13N.2Ar/c1-2-11-6-8-12(9-7-11)13-4-3-5-14(15)10-13;;/h2-10H,1,15H2;;. The Morgan fingerprint density at radius 3 is 2.06 bits per heavy atom. The van der Waals surface area contributed by atoms with Gasteiger partial charge in [-0.3, -0.25) is 0 Å². The fourth-order valence-electron chi connectivity index (χ4n) is 1.53. The van der Waals surface area contributed by atoms with E-state index in [1.165, 1.54) is 5.56 Å². The molecule has 2 rings (SSSR count). The van der Waals surface area contributed by atoms with E-state index in [2.05, 4.69) is 24.8 Å². The summed E-state index contributed by atoms with van der Waals surface area (Å²) in [5.41, 5.74) is 9.97. The summed E-state index contributed by atoms with van der Waals surface area (Å²) >= 11 is 0. The molecule has 0 fully saturated rings. The van der Waals surface area contributed by atoms with E-state index in [4.69, 9.17) is 5.73 Å². The van der Waals surface area contributed by atoms with Crippen LogP contribution in [0.15, 0.2) is 55.1 Å². The van der Waals surface area contributed by atoms with Gasteiger partial charge >= 0.3 is 0 Å². The van der Waals surface area contributed by atoms with Gasteiger partial charge in [-0.1, -0.05) is 49.1 Å². The normalized spacial score (nSPS) is 8.71. The minimum atomic E-state index is 0. The third-order valence-electron chi connectivity index (χ3n) is 2.37. The van der Waals surface area contributed by atoms with Crippen LogP contribution in [-0.4, -0.2) is 0 Å². The molecule has 0 spiro atoms. The maximum absolute atomic E-state index is 5.74. The third-order valence-corrected chi connectivity index (χ3v) is 2.37. The van der Waals surface area contributed by atoms with Crippen molar-refractivity contribution in [1.29, 1.82) is 0 Å². The SMILES string of the molecule is C=Cc1ccc(-c2cccc(N)c2)cc1.[Ar].[Ar]. The first kappa shape index (κ1) is 17.5.